The van der Waals surface area contributed by atoms with Crippen molar-refractivity contribution in [2.75, 3.05) is 13.4 Å². The zero-order valence-electron chi connectivity index (χ0n) is 17.7. The van der Waals surface area contributed by atoms with Crippen LogP contribution in [0.15, 0.2) is 66.7 Å². The summed E-state index contributed by atoms with van der Waals surface area (Å²) >= 11 is 0. The fraction of sp³-hybridized carbons (Fsp3) is 0.308. The van der Waals surface area contributed by atoms with Crippen molar-refractivity contribution in [2.45, 2.75) is 38.6 Å². The van der Waals surface area contributed by atoms with Gasteiger partial charge in [0, 0.05) is 6.42 Å². The average molecular weight is 418 g/mol. The van der Waals surface area contributed by atoms with E-state index in [0.29, 0.717) is 6.61 Å². The van der Waals surface area contributed by atoms with E-state index in [1.165, 1.54) is 11.1 Å². The van der Waals surface area contributed by atoms with Crippen LogP contribution in [0.5, 0.6) is 23.0 Å². The van der Waals surface area contributed by atoms with Gasteiger partial charge in [-0.2, -0.15) is 0 Å². The Hall–Kier alpha value is -3.18. The summed E-state index contributed by atoms with van der Waals surface area (Å²) < 4.78 is 29.8. The molecule has 5 nitrogen and oxygen atoms in total. The zero-order chi connectivity index (χ0) is 21.2. The molecule has 5 rings (SSSR count). The summed E-state index contributed by atoms with van der Waals surface area (Å²) in [5.41, 5.74) is 3.46. The van der Waals surface area contributed by atoms with Crippen LogP contribution in [-0.4, -0.2) is 25.6 Å². The van der Waals surface area contributed by atoms with Crippen LogP contribution in [0.1, 0.15) is 29.2 Å². The van der Waals surface area contributed by atoms with Crippen molar-refractivity contribution < 1.29 is 23.7 Å². The van der Waals surface area contributed by atoms with Crippen molar-refractivity contribution >= 4 is 0 Å². The lowest BCUT2D eigenvalue weighted by atomic mass is 10.0. The van der Waals surface area contributed by atoms with Crippen LogP contribution in [0.2, 0.25) is 0 Å². The van der Waals surface area contributed by atoms with E-state index >= 15 is 0 Å². The molecule has 31 heavy (non-hydrogen) atoms. The predicted octanol–water partition coefficient (Wildman–Crippen LogP) is 5.39. The lowest BCUT2D eigenvalue weighted by molar-refractivity contribution is -0.0107. The molecule has 0 amide bonds. The van der Waals surface area contributed by atoms with Gasteiger partial charge in [0.2, 0.25) is 6.79 Å². The second-order valence-electron chi connectivity index (χ2n) is 8.10. The molecule has 0 saturated carbocycles. The van der Waals surface area contributed by atoms with Crippen LogP contribution in [0, 0.1) is 13.8 Å². The summed E-state index contributed by atoms with van der Waals surface area (Å²) in [7, 11) is 0. The van der Waals surface area contributed by atoms with Crippen LogP contribution >= 0.6 is 0 Å². The number of hydrogen-bond acceptors (Lipinski definition) is 5. The highest BCUT2D eigenvalue weighted by Crippen LogP contribution is 2.40. The third kappa shape index (κ3) is 4.47. The average Bonchev–Trinajstić information content (AvgIpc) is 3.41. The first kappa shape index (κ1) is 19.8. The van der Waals surface area contributed by atoms with E-state index in [4.69, 9.17) is 23.7 Å². The van der Waals surface area contributed by atoms with E-state index in [9.17, 15) is 0 Å². The van der Waals surface area contributed by atoms with Gasteiger partial charge in [-0.25, -0.2) is 0 Å². The van der Waals surface area contributed by atoms with Crippen molar-refractivity contribution in [1.29, 1.82) is 0 Å². The van der Waals surface area contributed by atoms with E-state index in [0.717, 1.165) is 35.0 Å². The SMILES string of the molecule is Cc1ccc(OC[C@H]2O[C@H](c3ccc4c(c3)OCO4)C[C@@H]2Oc2ccc(C)cc2)cc1. The van der Waals surface area contributed by atoms with E-state index in [-0.39, 0.29) is 25.1 Å². The second-order valence-corrected chi connectivity index (χ2v) is 8.10. The van der Waals surface area contributed by atoms with E-state index in [1.54, 1.807) is 0 Å². The molecule has 2 aliphatic heterocycles. The molecule has 1 fully saturated rings. The Bertz CT molecular complexity index is 1030. The fourth-order valence-corrected chi connectivity index (χ4v) is 3.92. The Morgan fingerprint density at radius 1 is 0.806 bits per heavy atom. The van der Waals surface area contributed by atoms with Gasteiger partial charge < -0.3 is 23.7 Å². The Balaban J connectivity index is 1.33. The van der Waals surface area contributed by atoms with Gasteiger partial charge in [0.1, 0.15) is 30.3 Å². The monoisotopic (exact) mass is 418 g/mol. The van der Waals surface area contributed by atoms with Crippen molar-refractivity contribution in [3.63, 3.8) is 0 Å². The third-order valence-electron chi connectivity index (χ3n) is 5.71. The molecule has 2 heterocycles. The Morgan fingerprint density at radius 3 is 2.23 bits per heavy atom. The molecule has 3 aromatic rings. The molecule has 2 aliphatic rings. The molecule has 1 saturated heterocycles. The molecule has 0 spiro atoms. The number of fused-ring (bicyclic) bond motifs is 1. The number of ether oxygens (including phenoxy) is 5. The summed E-state index contributed by atoms with van der Waals surface area (Å²) in [5.74, 6) is 3.20. The first-order valence-corrected chi connectivity index (χ1v) is 10.6. The minimum Gasteiger partial charge on any atom is -0.491 e. The molecule has 0 unspecified atom stereocenters. The zero-order valence-corrected chi connectivity index (χ0v) is 17.7. The molecule has 0 N–H and O–H groups in total. The largest absolute Gasteiger partial charge is 0.491 e. The highest BCUT2D eigenvalue weighted by atomic mass is 16.7. The Labute approximate surface area is 182 Å². The highest BCUT2D eigenvalue weighted by Gasteiger charge is 2.38. The minimum absolute atomic E-state index is 0.100. The van der Waals surface area contributed by atoms with E-state index < -0.39 is 0 Å². The maximum absolute atomic E-state index is 6.41. The lowest BCUT2D eigenvalue weighted by Crippen LogP contribution is -2.32. The molecule has 0 bridgehead atoms. The van der Waals surface area contributed by atoms with Crippen LogP contribution < -0.4 is 18.9 Å². The number of aryl methyl sites for hydroxylation is 2. The molecule has 5 heteroatoms. The second kappa shape index (κ2) is 8.52. The Kier molecular flexibility index (Phi) is 5.43. The van der Waals surface area contributed by atoms with Gasteiger partial charge in [-0.05, 0) is 55.8 Å². The van der Waals surface area contributed by atoms with Gasteiger partial charge in [-0.1, -0.05) is 41.5 Å². The first-order valence-electron chi connectivity index (χ1n) is 10.6. The smallest absolute Gasteiger partial charge is 0.231 e. The molecule has 0 aliphatic carbocycles. The molecule has 3 atom stereocenters. The van der Waals surface area contributed by atoms with Crippen molar-refractivity contribution in [3.05, 3.63) is 83.4 Å². The normalized spacial score (nSPS) is 21.8. The molecule has 3 aromatic carbocycles. The van der Waals surface area contributed by atoms with Crippen LogP contribution in [0.25, 0.3) is 0 Å². The summed E-state index contributed by atoms with van der Waals surface area (Å²) in [6, 6.07) is 22.1. The molecular formula is C26H26O5. The van der Waals surface area contributed by atoms with Crippen LogP contribution in [0.3, 0.4) is 0 Å². The summed E-state index contributed by atoms with van der Waals surface area (Å²) in [5, 5.41) is 0. The molecule has 0 radical (unpaired) electrons. The lowest BCUT2D eigenvalue weighted by Gasteiger charge is -2.20. The summed E-state index contributed by atoms with van der Waals surface area (Å²) in [4.78, 5) is 0. The number of rotatable bonds is 6. The topological polar surface area (TPSA) is 46.2 Å². The number of benzene rings is 3. The highest BCUT2D eigenvalue weighted by molar-refractivity contribution is 5.45. The summed E-state index contributed by atoms with van der Waals surface area (Å²) in [6.07, 6.45) is 0.313. The fourth-order valence-electron chi connectivity index (χ4n) is 3.92. The maximum Gasteiger partial charge on any atom is 0.231 e. The van der Waals surface area contributed by atoms with Crippen LogP contribution in [0.4, 0.5) is 0 Å². The van der Waals surface area contributed by atoms with Gasteiger partial charge in [0.15, 0.2) is 11.5 Å². The van der Waals surface area contributed by atoms with Crippen molar-refractivity contribution in [3.8, 4) is 23.0 Å². The first-order chi connectivity index (χ1) is 15.1. The third-order valence-corrected chi connectivity index (χ3v) is 5.71. The molecule has 0 aromatic heterocycles. The van der Waals surface area contributed by atoms with Crippen molar-refractivity contribution in [1.82, 2.24) is 0 Å². The molecule has 160 valence electrons. The van der Waals surface area contributed by atoms with E-state index in [1.807, 2.05) is 54.6 Å². The molecular weight excluding hydrogens is 392 g/mol. The predicted molar refractivity (Wildman–Crippen MR) is 117 cm³/mol. The van der Waals surface area contributed by atoms with Gasteiger partial charge >= 0.3 is 0 Å². The standard InChI is InChI=1S/C26H26O5/c1-17-3-8-20(9-4-17)27-15-26-25(30-21-10-5-18(2)6-11-21)14-23(31-26)19-7-12-22-24(13-19)29-16-28-22/h3-13,23,25-26H,14-16H2,1-2H3/t23-,25-,26+/m0/s1. The maximum atomic E-state index is 6.41. The van der Waals surface area contributed by atoms with Crippen molar-refractivity contribution in [2.24, 2.45) is 0 Å². The summed E-state index contributed by atoms with van der Waals surface area (Å²) in [6.45, 7) is 4.80. The van der Waals surface area contributed by atoms with Gasteiger partial charge in [0.05, 0.1) is 6.10 Å². The quantitative estimate of drug-likeness (QED) is 0.537. The van der Waals surface area contributed by atoms with Gasteiger partial charge in [0.25, 0.3) is 0 Å². The van der Waals surface area contributed by atoms with E-state index in [2.05, 4.69) is 26.0 Å². The van der Waals surface area contributed by atoms with Crippen LogP contribution in [-0.2, 0) is 4.74 Å². The minimum atomic E-state index is -0.196. The Morgan fingerprint density at radius 2 is 1.48 bits per heavy atom. The van der Waals surface area contributed by atoms with Gasteiger partial charge in [-0.15, -0.1) is 0 Å². The van der Waals surface area contributed by atoms with Gasteiger partial charge in [-0.3, -0.25) is 0 Å². The number of hydrogen-bond donors (Lipinski definition) is 0.